The zero-order valence-corrected chi connectivity index (χ0v) is 4.37. The largest absolute Gasteiger partial charge is 0.342 e. The molecule has 0 amide bonds. The van der Waals surface area contributed by atoms with E-state index < -0.39 is 0 Å². The van der Waals surface area contributed by atoms with Crippen molar-refractivity contribution in [1.29, 1.82) is 0 Å². The normalized spacial score (nSPS) is 9.00. The van der Waals surface area contributed by atoms with Crippen LogP contribution in [0.1, 0.15) is 5.76 Å². The average Bonchev–Trinajstić information content (AvgIpc) is 2.19. The minimum atomic E-state index is 0.701. The predicted molar refractivity (Wildman–Crippen MR) is 28.2 cm³/mol. The van der Waals surface area contributed by atoms with Crippen LogP contribution in [0.2, 0.25) is 0 Å². The Morgan fingerprint density at radius 2 is 2.75 bits per heavy atom. The maximum absolute atomic E-state index is 4.64. The van der Waals surface area contributed by atoms with E-state index in [4.69, 9.17) is 0 Å². The minimum absolute atomic E-state index is 0.701. The second-order valence-electron chi connectivity index (χ2n) is 1.38. The number of aromatic nitrogens is 2. The van der Waals surface area contributed by atoms with E-state index >= 15 is 0 Å². The van der Waals surface area contributed by atoms with Crippen LogP contribution in [0, 0.1) is 0 Å². The van der Waals surface area contributed by atoms with Gasteiger partial charge in [-0.3, -0.25) is 0 Å². The number of nitrogens with zero attached hydrogens (tertiary/aromatic N) is 2. The molecule has 0 atom stereocenters. The van der Waals surface area contributed by atoms with Gasteiger partial charge in [0.1, 0.15) is 0 Å². The molecular formula is C5H6N2O. The summed E-state index contributed by atoms with van der Waals surface area (Å²) in [7, 11) is 0. The fourth-order valence-corrected chi connectivity index (χ4v) is 0.420. The van der Waals surface area contributed by atoms with E-state index in [9.17, 15) is 0 Å². The molecule has 1 aromatic heterocycles. The zero-order valence-electron chi connectivity index (χ0n) is 4.37. The van der Waals surface area contributed by atoms with Crippen molar-refractivity contribution in [2.75, 3.05) is 0 Å². The Morgan fingerprint density at radius 3 is 3.25 bits per heavy atom. The van der Waals surface area contributed by atoms with Crippen molar-refractivity contribution >= 4 is 0 Å². The molecule has 0 radical (unpaired) electrons. The van der Waals surface area contributed by atoms with Gasteiger partial charge >= 0.3 is 0 Å². The molecule has 0 bridgehead atoms. The minimum Gasteiger partial charge on any atom is -0.342 e. The van der Waals surface area contributed by atoms with Gasteiger partial charge in [0.15, 0.2) is 5.76 Å². The van der Waals surface area contributed by atoms with Gasteiger partial charge in [-0.15, -0.1) is 11.7 Å². The average molecular weight is 110 g/mol. The first-order valence-electron chi connectivity index (χ1n) is 2.30. The molecule has 0 aliphatic heterocycles. The highest BCUT2D eigenvalue weighted by Gasteiger charge is 1.90. The molecule has 1 heterocycles. The van der Waals surface area contributed by atoms with Crippen molar-refractivity contribution in [3.63, 3.8) is 0 Å². The van der Waals surface area contributed by atoms with Crippen LogP contribution < -0.4 is 0 Å². The first kappa shape index (κ1) is 5.03. The van der Waals surface area contributed by atoms with Crippen LogP contribution >= 0.6 is 0 Å². The molecule has 0 aliphatic rings. The van der Waals surface area contributed by atoms with Gasteiger partial charge in [0, 0.05) is 11.7 Å². The topological polar surface area (TPSA) is 38.9 Å². The predicted octanol–water partition coefficient (Wildman–Crippen LogP) is 0.798. The fraction of sp³-hybridized carbons (Fsp3) is 0.200. The lowest BCUT2D eigenvalue weighted by atomic mass is 10.4. The Labute approximate surface area is 47.0 Å². The monoisotopic (exact) mass is 110 g/mol. The zero-order chi connectivity index (χ0) is 5.82. The highest BCUT2D eigenvalue weighted by Crippen LogP contribution is 1.93. The van der Waals surface area contributed by atoms with Gasteiger partial charge < -0.3 is 4.52 Å². The Kier molecular flexibility index (Phi) is 1.42. The molecule has 1 aromatic rings. The number of hydrogen-bond acceptors (Lipinski definition) is 3. The highest BCUT2D eigenvalue weighted by molar-refractivity contribution is 4.92. The maximum Gasteiger partial charge on any atom is 0.160 e. The van der Waals surface area contributed by atoms with Crippen LogP contribution in [0.3, 0.4) is 0 Å². The molecule has 3 nitrogen and oxygen atoms in total. The van der Waals surface area contributed by atoms with Crippen LogP contribution in [0.5, 0.6) is 0 Å². The molecule has 0 unspecified atom stereocenters. The number of hydrogen-bond donors (Lipinski definition) is 0. The van der Waals surface area contributed by atoms with Gasteiger partial charge in [-0.25, -0.2) is 0 Å². The van der Waals surface area contributed by atoms with Crippen LogP contribution in [0.15, 0.2) is 23.4 Å². The summed E-state index contributed by atoms with van der Waals surface area (Å²) < 4.78 is 4.64. The smallest absolute Gasteiger partial charge is 0.160 e. The van der Waals surface area contributed by atoms with Crippen molar-refractivity contribution in [3.05, 3.63) is 24.6 Å². The third kappa shape index (κ3) is 0.932. The summed E-state index contributed by atoms with van der Waals surface area (Å²) in [5.41, 5.74) is 0. The maximum atomic E-state index is 4.64. The molecule has 0 saturated heterocycles. The van der Waals surface area contributed by atoms with Crippen molar-refractivity contribution in [2.24, 2.45) is 0 Å². The SMILES string of the molecule is C=CCc1cnno1. The Balaban J connectivity index is 2.62. The fourth-order valence-electron chi connectivity index (χ4n) is 0.420. The first-order valence-corrected chi connectivity index (χ1v) is 2.30. The van der Waals surface area contributed by atoms with E-state index in [1.807, 2.05) is 0 Å². The molecule has 0 N–H and O–H groups in total. The Hall–Kier alpha value is -1.12. The van der Waals surface area contributed by atoms with E-state index in [1.165, 1.54) is 0 Å². The first-order chi connectivity index (χ1) is 3.93. The number of allylic oxidation sites excluding steroid dienone is 1. The van der Waals surface area contributed by atoms with Crippen LogP contribution in [-0.2, 0) is 6.42 Å². The van der Waals surface area contributed by atoms with Crippen LogP contribution in [0.25, 0.3) is 0 Å². The van der Waals surface area contributed by atoms with Gasteiger partial charge in [-0.05, 0) is 0 Å². The van der Waals surface area contributed by atoms with Crippen LogP contribution in [0.4, 0.5) is 0 Å². The van der Waals surface area contributed by atoms with E-state index in [0.29, 0.717) is 6.42 Å². The van der Waals surface area contributed by atoms with Gasteiger partial charge in [0.05, 0.1) is 6.20 Å². The molecule has 42 valence electrons. The Bertz CT molecular complexity index is 157. The summed E-state index contributed by atoms with van der Waals surface area (Å²) in [6, 6.07) is 0. The third-order valence-electron chi connectivity index (χ3n) is 0.752. The quantitative estimate of drug-likeness (QED) is 0.528. The molecule has 8 heavy (non-hydrogen) atoms. The Morgan fingerprint density at radius 1 is 1.88 bits per heavy atom. The highest BCUT2D eigenvalue weighted by atomic mass is 16.5. The summed E-state index contributed by atoms with van der Waals surface area (Å²) in [6.45, 7) is 3.52. The van der Waals surface area contributed by atoms with Crippen molar-refractivity contribution in [2.45, 2.75) is 6.42 Å². The molecule has 0 aromatic carbocycles. The summed E-state index contributed by atoms with van der Waals surface area (Å²) in [5.74, 6) is 0.750. The second kappa shape index (κ2) is 2.26. The second-order valence-corrected chi connectivity index (χ2v) is 1.38. The molecule has 3 heteroatoms. The van der Waals surface area contributed by atoms with Gasteiger partial charge in [0.2, 0.25) is 0 Å². The summed E-state index contributed by atoms with van der Waals surface area (Å²) in [5, 5.41) is 6.74. The van der Waals surface area contributed by atoms with Gasteiger partial charge in [0.25, 0.3) is 0 Å². The van der Waals surface area contributed by atoms with Crippen LogP contribution in [-0.4, -0.2) is 10.4 Å². The van der Waals surface area contributed by atoms with Crippen molar-refractivity contribution in [3.8, 4) is 0 Å². The van der Waals surface area contributed by atoms with Crippen molar-refractivity contribution < 1.29 is 4.52 Å². The van der Waals surface area contributed by atoms with Crippen molar-refractivity contribution in [1.82, 2.24) is 10.4 Å². The summed E-state index contributed by atoms with van der Waals surface area (Å²) >= 11 is 0. The lowest BCUT2D eigenvalue weighted by Gasteiger charge is -1.77. The van der Waals surface area contributed by atoms with E-state index in [1.54, 1.807) is 12.3 Å². The number of rotatable bonds is 2. The molecule has 0 saturated carbocycles. The van der Waals surface area contributed by atoms with Gasteiger partial charge in [-0.1, -0.05) is 6.08 Å². The lowest BCUT2D eigenvalue weighted by Crippen LogP contribution is -1.70. The third-order valence-corrected chi connectivity index (χ3v) is 0.752. The molecule has 1 rings (SSSR count). The summed E-state index contributed by atoms with van der Waals surface area (Å²) in [6.07, 6.45) is 4.01. The van der Waals surface area contributed by atoms with Gasteiger partial charge in [-0.2, -0.15) is 0 Å². The molecule has 0 aliphatic carbocycles. The van der Waals surface area contributed by atoms with E-state index in [0.717, 1.165) is 5.76 Å². The standard InChI is InChI=1S/C5H6N2O/c1-2-3-5-4-6-7-8-5/h2,4H,1,3H2. The molecular weight excluding hydrogens is 104 g/mol. The molecule has 0 fully saturated rings. The van der Waals surface area contributed by atoms with E-state index in [2.05, 4.69) is 21.5 Å². The lowest BCUT2D eigenvalue weighted by molar-refractivity contribution is 0.368. The van der Waals surface area contributed by atoms with E-state index in [-0.39, 0.29) is 0 Å². The summed E-state index contributed by atoms with van der Waals surface area (Å²) in [4.78, 5) is 0. The molecule has 0 spiro atoms.